The van der Waals surface area contributed by atoms with Gasteiger partial charge in [-0.1, -0.05) is 34.0 Å². The molecule has 176 valence electrons. The minimum Gasteiger partial charge on any atom is -0.393 e. The molecule has 0 unspecified atom stereocenters. The van der Waals surface area contributed by atoms with E-state index in [1.54, 1.807) is 0 Å². The molecule has 1 aliphatic heterocycles. The van der Waals surface area contributed by atoms with E-state index in [-0.39, 0.29) is 23.8 Å². The lowest BCUT2D eigenvalue weighted by Crippen LogP contribution is -2.44. The largest absolute Gasteiger partial charge is 0.393 e. The highest BCUT2D eigenvalue weighted by molar-refractivity contribution is 9.10. The molecular weight excluding hydrogens is 568 g/mol. The molecule has 1 saturated heterocycles. The number of rotatable bonds is 2. The van der Waals surface area contributed by atoms with E-state index in [1.807, 2.05) is 17.2 Å². The summed E-state index contributed by atoms with van der Waals surface area (Å²) in [6.07, 6.45) is 8.69. The maximum Gasteiger partial charge on any atom is 0.225 e. The molecule has 2 heterocycles. The SMILES string of the molecule is O=C([C@H]1CCC[C@H](O)C1)N1CCC([C@H]2c3ncc(Br)cc3CCc3cc(Cl)cc(Br)c32)CC1. The van der Waals surface area contributed by atoms with Crippen molar-refractivity contribution in [2.24, 2.45) is 11.8 Å². The second-order valence-corrected chi connectivity index (χ2v) is 12.0. The Morgan fingerprint density at radius 2 is 1.82 bits per heavy atom. The molecule has 1 aromatic heterocycles. The molecule has 0 bridgehead atoms. The van der Waals surface area contributed by atoms with Crippen LogP contribution in [-0.2, 0) is 17.6 Å². The van der Waals surface area contributed by atoms with Crippen LogP contribution in [0.15, 0.2) is 33.3 Å². The van der Waals surface area contributed by atoms with Gasteiger partial charge in [0.1, 0.15) is 0 Å². The number of aliphatic hydroxyl groups is 1. The predicted molar refractivity (Wildman–Crippen MR) is 138 cm³/mol. The fourth-order valence-corrected chi connectivity index (χ4v) is 7.63. The summed E-state index contributed by atoms with van der Waals surface area (Å²) in [4.78, 5) is 20.1. The van der Waals surface area contributed by atoms with Gasteiger partial charge in [0.25, 0.3) is 0 Å². The van der Waals surface area contributed by atoms with Crippen LogP contribution in [0.4, 0.5) is 0 Å². The number of hydrogen-bond acceptors (Lipinski definition) is 3. The molecule has 1 saturated carbocycles. The average Bonchev–Trinajstić information content (AvgIpc) is 2.95. The first kappa shape index (κ1) is 23.8. The molecule has 1 aromatic carbocycles. The molecule has 3 aliphatic rings. The van der Waals surface area contributed by atoms with Gasteiger partial charge < -0.3 is 10.0 Å². The van der Waals surface area contributed by atoms with Gasteiger partial charge in [0, 0.05) is 45.1 Å². The van der Waals surface area contributed by atoms with Crippen LogP contribution in [0, 0.1) is 11.8 Å². The summed E-state index contributed by atoms with van der Waals surface area (Å²) in [5.74, 6) is 0.822. The minimum atomic E-state index is -0.321. The summed E-state index contributed by atoms with van der Waals surface area (Å²) in [6, 6.07) is 6.33. The van der Waals surface area contributed by atoms with Gasteiger partial charge in [-0.05, 0) is 102 Å². The average molecular weight is 597 g/mol. The summed E-state index contributed by atoms with van der Waals surface area (Å²) in [5, 5.41) is 10.8. The lowest BCUT2D eigenvalue weighted by atomic mass is 9.76. The number of piperidine rings is 1. The number of aryl methyl sites for hydroxylation is 2. The van der Waals surface area contributed by atoms with Gasteiger partial charge in [0.05, 0.1) is 11.8 Å². The van der Waals surface area contributed by atoms with E-state index >= 15 is 0 Å². The highest BCUT2D eigenvalue weighted by atomic mass is 79.9. The Labute approximate surface area is 217 Å². The Bertz CT molecular complexity index is 1050. The van der Waals surface area contributed by atoms with Gasteiger partial charge >= 0.3 is 0 Å². The molecule has 7 heteroatoms. The Morgan fingerprint density at radius 1 is 1.06 bits per heavy atom. The van der Waals surface area contributed by atoms with E-state index in [1.165, 1.54) is 22.4 Å². The van der Waals surface area contributed by atoms with Crippen LogP contribution in [-0.4, -0.2) is 40.1 Å². The van der Waals surface area contributed by atoms with Crippen LogP contribution in [0.1, 0.15) is 66.8 Å². The quantitative estimate of drug-likeness (QED) is 0.444. The second-order valence-electron chi connectivity index (χ2n) is 9.82. The zero-order valence-corrected chi connectivity index (χ0v) is 22.5. The Kier molecular flexibility index (Phi) is 7.18. The molecule has 33 heavy (non-hydrogen) atoms. The molecule has 3 atom stereocenters. The summed E-state index contributed by atoms with van der Waals surface area (Å²) < 4.78 is 2.07. The zero-order valence-electron chi connectivity index (χ0n) is 18.6. The minimum absolute atomic E-state index is 0.0139. The molecular formula is C26H29Br2ClN2O2. The van der Waals surface area contributed by atoms with Gasteiger partial charge in [-0.15, -0.1) is 0 Å². The van der Waals surface area contributed by atoms with Crippen molar-refractivity contribution in [2.75, 3.05) is 13.1 Å². The predicted octanol–water partition coefficient (Wildman–Crippen LogP) is 6.28. The van der Waals surface area contributed by atoms with Crippen molar-refractivity contribution >= 4 is 49.4 Å². The molecule has 1 N–H and O–H groups in total. The molecule has 4 nitrogen and oxygen atoms in total. The first-order valence-corrected chi connectivity index (χ1v) is 14.0. The van der Waals surface area contributed by atoms with Crippen molar-refractivity contribution in [3.63, 3.8) is 0 Å². The van der Waals surface area contributed by atoms with E-state index in [2.05, 4.69) is 44.0 Å². The van der Waals surface area contributed by atoms with Crippen molar-refractivity contribution in [1.82, 2.24) is 9.88 Å². The summed E-state index contributed by atoms with van der Waals surface area (Å²) in [6.45, 7) is 1.55. The number of halogens is 3. The highest BCUT2D eigenvalue weighted by Gasteiger charge is 2.37. The standard InChI is InChI=1S/C26H29Br2ClN2O2/c27-19-10-17-5-4-16-11-20(29)13-22(28)23(16)24(25(17)30-14-19)15-6-8-31(9-7-15)26(33)18-2-1-3-21(32)12-18/h10-11,13-15,18,21,24,32H,1-9,12H2/t18-,21-,24+/m0/s1. The maximum absolute atomic E-state index is 13.1. The van der Waals surface area contributed by atoms with Gasteiger partial charge in [-0.3, -0.25) is 9.78 Å². The summed E-state index contributed by atoms with van der Waals surface area (Å²) in [5.41, 5.74) is 5.07. The number of amides is 1. The zero-order chi connectivity index (χ0) is 23.1. The van der Waals surface area contributed by atoms with E-state index in [0.717, 1.165) is 72.0 Å². The number of carbonyl (C=O) groups excluding carboxylic acids is 1. The Morgan fingerprint density at radius 3 is 2.58 bits per heavy atom. The molecule has 2 aromatic rings. The third kappa shape index (κ3) is 4.91. The van der Waals surface area contributed by atoms with E-state index < -0.39 is 0 Å². The lowest BCUT2D eigenvalue weighted by Gasteiger charge is -2.39. The van der Waals surface area contributed by atoms with Gasteiger partial charge in [0.15, 0.2) is 0 Å². The number of benzene rings is 1. The smallest absolute Gasteiger partial charge is 0.225 e. The number of likely N-dealkylation sites (tertiary alicyclic amines) is 1. The van der Waals surface area contributed by atoms with Crippen LogP contribution in [0.25, 0.3) is 0 Å². The number of aromatic nitrogens is 1. The number of pyridine rings is 1. The third-order valence-corrected chi connectivity index (χ3v) is 9.04. The van der Waals surface area contributed by atoms with Crippen LogP contribution < -0.4 is 0 Å². The first-order chi connectivity index (χ1) is 15.9. The maximum atomic E-state index is 13.1. The number of nitrogens with zero attached hydrogens (tertiary/aromatic N) is 2. The van der Waals surface area contributed by atoms with Gasteiger partial charge in [0.2, 0.25) is 5.91 Å². The van der Waals surface area contributed by atoms with Crippen LogP contribution in [0.2, 0.25) is 5.02 Å². The van der Waals surface area contributed by atoms with E-state index in [0.29, 0.717) is 12.3 Å². The Hall–Kier alpha value is -0.950. The van der Waals surface area contributed by atoms with Crippen molar-refractivity contribution in [3.05, 3.63) is 60.7 Å². The second kappa shape index (κ2) is 9.96. The number of hydrogen-bond donors (Lipinski definition) is 1. The fourth-order valence-electron chi connectivity index (χ4n) is 6.13. The van der Waals surface area contributed by atoms with E-state index in [4.69, 9.17) is 16.6 Å². The molecule has 2 fully saturated rings. The topological polar surface area (TPSA) is 53.4 Å². The molecule has 0 radical (unpaired) electrons. The normalized spacial score (nSPS) is 25.8. The monoisotopic (exact) mass is 594 g/mol. The molecule has 1 amide bonds. The fraction of sp³-hybridized carbons (Fsp3) is 0.538. The van der Waals surface area contributed by atoms with Crippen molar-refractivity contribution in [1.29, 1.82) is 0 Å². The highest BCUT2D eigenvalue weighted by Crippen LogP contribution is 2.46. The molecule has 0 spiro atoms. The van der Waals surface area contributed by atoms with Gasteiger partial charge in [-0.25, -0.2) is 0 Å². The Balaban J connectivity index is 1.42. The van der Waals surface area contributed by atoms with Crippen molar-refractivity contribution in [2.45, 2.75) is 63.4 Å². The van der Waals surface area contributed by atoms with Crippen molar-refractivity contribution < 1.29 is 9.90 Å². The summed E-state index contributed by atoms with van der Waals surface area (Å²) in [7, 11) is 0. The van der Waals surface area contributed by atoms with Crippen molar-refractivity contribution in [3.8, 4) is 0 Å². The summed E-state index contributed by atoms with van der Waals surface area (Å²) >= 11 is 13.9. The number of aliphatic hydroxyl groups excluding tert-OH is 1. The van der Waals surface area contributed by atoms with Crippen LogP contribution in [0.3, 0.4) is 0 Å². The first-order valence-electron chi connectivity index (χ1n) is 12.0. The third-order valence-electron chi connectivity index (χ3n) is 7.74. The van der Waals surface area contributed by atoms with Gasteiger partial charge in [-0.2, -0.15) is 0 Å². The molecule has 2 aliphatic carbocycles. The van der Waals surface area contributed by atoms with Crippen LogP contribution in [0.5, 0.6) is 0 Å². The van der Waals surface area contributed by atoms with Crippen LogP contribution >= 0.6 is 43.5 Å². The van der Waals surface area contributed by atoms with E-state index in [9.17, 15) is 9.90 Å². The molecule has 5 rings (SSSR count). The lowest BCUT2D eigenvalue weighted by molar-refractivity contribution is -0.139. The number of fused-ring (bicyclic) bond motifs is 2. The number of carbonyl (C=O) groups is 1.